The minimum atomic E-state index is -0.763. The van der Waals surface area contributed by atoms with Crippen LogP contribution in [0, 0.1) is 0 Å². The lowest BCUT2D eigenvalue weighted by atomic mass is 10.1. The summed E-state index contributed by atoms with van der Waals surface area (Å²) in [5, 5.41) is -0.763. The van der Waals surface area contributed by atoms with Crippen LogP contribution in [0.25, 0.3) is 11.3 Å². The maximum Gasteiger partial charge on any atom is 0.342 e. The molecule has 1 aromatic carbocycles. The Kier molecular flexibility index (Phi) is 3.48. The molecular formula is C13H9ClO4. The van der Waals surface area contributed by atoms with Gasteiger partial charge in [0, 0.05) is 5.56 Å². The Morgan fingerprint density at radius 3 is 2.44 bits per heavy atom. The molecule has 0 fully saturated rings. The van der Waals surface area contributed by atoms with Gasteiger partial charge in [-0.15, -0.1) is 0 Å². The average molecular weight is 265 g/mol. The summed E-state index contributed by atoms with van der Waals surface area (Å²) in [6.07, 6.45) is 1.16. The molecule has 2 aromatic rings. The Morgan fingerprint density at radius 1 is 1.22 bits per heavy atom. The fourth-order valence-electron chi connectivity index (χ4n) is 1.61. The van der Waals surface area contributed by atoms with E-state index in [9.17, 15) is 9.59 Å². The Labute approximate surface area is 108 Å². The number of halogens is 1. The molecule has 1 heterocycles. The molecule has 0 aliphatic rings. The number of ether oxygens (including phenoxy) is 1. The van der Waals surface area contributed by atoms with Crippen LogP contribution in [0.2, 0.25) is 0 Å². The van der Waals surface area contributed by atoms with Crippen LogP contribution in [0.5, 0.6) is 0 Å². The van der Waals surface area contributed by atoms with Crippen molar-refractivity contribution in [2.75, 3.05) is 7.11 Å². The van der Waals surface area contributed by atoms with E-state index in [1.807, 2.05) is 6.07 Å². The lowest BCUT2D eigenvalue weighted by Crippen LogP contribution is -2.06. The summed E-state index contributed by atoms with van der Waals surface area (Å²) in [7, 11) is 1.23. The highest BCUT2D eigenvalue weighted by Crippen LogP contribution is 2.29. The summed E-state index contributed by atoms with van der Waals surface area (Å²) >= 11 is 5.40. The first-order chi connectivity index (χ1) is 8.65. The highest BCUT2D eigenvalue weighted by Gasteiger charge is 2.25. The van der Waals surface area contributed by atoms with Crippen LogP contribution in [-0.2, 0) is 4.74 Å². The van der Waals surface area contributed by atoms with Gasteiger partial charge in [0.05, 0.1) is 12.7 Å². The van der Waals surface area contributed by atoms with Gasteiger partial charge in [0.2, 0.25) is 0 Å². The van der Waals surface area contributed by atoms with Gasteiger partial charge in [0.15, 0.2) is 0 Å². The zero-order valence-electron chi connectivity index (χ0n) is 9.48. The summed E-state index contributed by atoms with van der Waals surface area (Å²) in [4.78, 5) is 22.9. The van der Waals surface area contributed by atoms with Crippen LogP contribution in [-0.4, -0.2) is 18.3 Å². The minimum Gasteiger partial charge on any atom is -0.465 e. The summed E-state index contributed by atoms with van der Waals surface area (Å²) in [6, 6.07) is 8.93. The SMILES string of the molecule is COC(=O)c1c(C(=O)Cl)coc1-c1ccccc1. The molecule has 0 aliphatic carbocycles. The molecule has 5 heteroatoms. The number of methoxy groups -OCH3 is 1. The molecule has 0 saturated carbocycles. The second-order valence-electron chi connectivity index (χ2n) is 3.48. The van der Waals surface area contributed by atoms with Crippen LogP contribution in [0.15, 0.2) is 41.0 Å². The van der Waals surface area contributed by atoms with Gasteiger partial charge in [-0.1, -0.05) is 30.3 Å². The van der Waals surface area contributed by atoms with Crippen LogP contribution < -0.4 is 0 Å². The van der Waals surface area contributed by atoms with Gasteiger partial charge in [-0.05, 0) is 11.6 Å². The van der Waals surface area contributed by atoms with Crippen LogP contribution in [0.4, 0.5) is 0 Å². The number of rotatable bonds is 3. The Balaban J connectivity index is 2.62. The van der Waals surface area contributed by atoms with E-state index in [4.69, 9.17) is 16.0 Å². The maximum absolute atomic E-state index is 11.7. The van der Waals surface area contributed by atoms with Gasteiger partial charge in [0.1, 0.15) is 17.6 Å². The number of hydrogen-bond donors (Lipinski definition) is 0. The molecule has 0 bridgehead atoms. The molecule has 4 nitrogen and oxygen atoms in total. The lowest BCUT2D eigenvalue weighted by molar-refractivity contribution is 0.0598. The zero-order chi connectivity index (χ0) is 13.1. The number of carbonyl (C=O) groups excluding carboxylic acids is 2. The summed E-state index contributed by atoms with van der Waals surface area (Å²) < 4.78 is 9.90. The Bertz CT molecular complexity index is 586. The van der Waals surface area contributed by atoms with E-state index in [-0.39, 0.29) is 16.9 Å². The summed E-state index contributed by atoms with van der Waals surface area (Å²) in [6.45, 7) is 0. The third-order valence-corrected chi connectivity index (χ3v) is 2.63. The van der Waals surface area contributed by atoms with E-state index < -0.39 is 11.2 Å². The molecule has 0 unspecified atom stereocenters. The van der Waals surface area contributed by atoms with Gasteiger partial charge in [0.25, 0.3) is 5.24 Å². The van der Waals surface area contributed by atoms with E-state index in [0.717, 1.165) is 6.26 Å². The molecule has 2 rings (SSSR count). The Hall–Kier alpha value is -2.07. The van der Waals surface area contributed by atoms with Crippen molar-refractivity contribution in [3.05, 3.63) is 47.7 Å². The third-order valence-electron chi connectivity index (χ3n) is 2.43. The largest absolute Gasteiger partial charge is 0.465 e. The molecule has 0 aliphatic heterocycles. The number of furan rings is 1. The number of hydrogen-bond acceptors (Lipinski definition) is 4. The van der Waals surface area contributed by atoms with Crippen molar-refractivity contribution in [3.8, 4) is 11.3 Å². The molecule has 0 amide bonds. The minimum absolute atomic E-state index is 0.00219. The van der Waals surface area contributed by atoms with E-state index in [2.05, 4.69) is 4.74 Å². The molecule has 1 aromatic heterocycles. The molecular weight excluding hydrogens is 256 g/mol. The number of carbonyl (C=O) groups is 2. The van der Waals surface area contributed by atoms with Gasteiger partial charge in [-0.3, -0.25) is 4.79 Å². The first-order valence-electron chi connectivity index (χ1n) is 5.10. The fraction of sp³-hybridized carbons (Fsp3) is 0.0769. The van der Waals surface area contributed by atoms with Crippen LogP contribution in [0.1, 0.15) is 20.7 Å². The molecule has 0 radical (unpaired) electrons. The second kappa shape index (κ2) is 5.06. The van der Waals surface area contributed by atoms with Gasteiger partial charge < -0.3 is 9.15 Å². The van der Waals surface area contributed by atoms with Crippen molar-refractivity contribution in [1.82, 2.24) is 0 Å². The zero-order valence-corrected chi connectivity index (χ0v) is 10.2. The molecule has 92 valence electrons. The topological polar surface area (TPSA) is 56.5 Å². The van der Waals surface area contributed by atoms with Crippen molar-refractivity contribution in [3.63, 3.8) is 0 Å². The first-order valence-corrected chi connectivity index (χ1v) is 5.48. The lowest BCUT2D eigenvalue weighted by Gasteiger charge is -2.02. The molecule has 0 atom stereocenters. The van der Waals surface area contributed by atoms with Gasteiger partial charge in [-0.2, -0.15) is 0 Å². The average Bonchev–Trinajstić information content (AvgIpc) is 2.83. The fourth-order valence-corrected chi connectivity index (χ4v) is 1.75. The van der Waals surface area contributed by atoms with E-state index in [0.29, 0.717) is 5.56 Å². The predicted octanol–water partition coefficient (Wildman–Crippen LogP) is 3.11. The number of benzene rings is 1. The third kappa shape index (κ3) is 2.15. The predicted molar refractivity (Wildman–Crippen MR) is 65.7 cm³/mol. The second-order valence-corrected chi connectivity index (χ2v) is 3.83. The quantitative estimate of drug-likeness (QED) is 0.631. The van der Waals surface area contributed by atoms with Gasteiger partial charge >= 0.3 is 5.97 Å². The van der Waals surface area contributed by atoms with E-state index >= 15 is 0 Å². The summed E-state index contributed by atoms with van der Waals surface area (Å²) in [5.74, 6) is -0.391. The highest BCUT2D eigenvalue weighted by atomic mass is 35.5. The standard InChI is InChI=1S/C13H9ClO4/c1-17-13(16)10-9(12(14)15)7-18-11(10)8-5-3-2-4-6-8/h2-7H,1H3. The monoisotopic (exact) mass is 264 g/mol. The smallest absolute Gasteiger partial charge is 0.342 e. The van der Waals surface area contributed by atoms with Crippen molar-refractivity contribution in [1.29, 1.82) is 0 Å². The Morgan fingerprint density at radius 2 is 1.89 bits per heavy atom. The van der Waals surface area contributed by atoms with Crippen molar-refractivity contribution < 1.29 is 18.7 Å². The van der Waals surface area contributed by atoms with Crippen molar-refractivity contribution in [2.24, 2.45) is 0 Å². The summed E-state index contributed by atoms with van der Waals surface area (Å²) in [5.41, 5.74) is 0.716. The first kappa shape index (κ1) is 12.4. The van der Waals surface area contributed by atoms with Crippen LogP contribution >= 0.6 is 11.6 Å². The van der Waals surface area contributed by atoms with Gasteiger partial charge in [-0.25, -0.2) is 4.79 Å². The highest BCUT2D eigenvalue weighted by molar-refractivity contribution is 6.68. The molecule has 0 saturated heterocycles. The van der Waals surface area contributed by atoms with E-state index in [1.165, 1.54) is 7.11 Å². The normalized spacial score (nSPS) is 10.1. The molecule has 0 N–H and O–H groups in total. The van der Waals surface area contributed by atoms with Crippen LogP contribution in [0.3, 0.4) is 0 Å². The van der Waals surface area contributed by atoms with Crippen molar-refractivity contribution >= 4 is 22.8 Å². The molecule has 0 spiro atoms. The van der Waals surface area contributed by atoms with E-state index in [1.54, 1.807) is 24.3 Å². The van der Waals surface area contributed by atoms with Crippen molar-refractivity contribution in [2.45, 2.75) is 0 Å². The molecule has 18 heavy (non-hydrogen) atoms. The maximum atomic E-state index is 11.7. The number of esters is 1.